The van der Waals surface area contributed by atoms with E-state index in [1.54, 1.807) is 41.3 Å². The molecule has 2 aromatic carbocycles. The van der Waals surface area contributed by atoms with Crippen molar-refractivity contribution in [2.45, 2.75) is 12.5 Å². The van der Waals surface area contributed by atoms with Crippen LogP contribution in [0.3, 0.4) is 0 Å². The summed E-state index contributed by atoms with van der Waals surface area (Å²) in [4.78, 5) is 18.4. The molecule has 0 bridgehead atoms. The molecule has 4 N–H and O–H groups in total. The maximum Gasteiger partial charge on any atom is 0.245 e. The normalized spacial score (nSPS) is 15.5. The lowest BCUT2D eigenvalue weighted by atomic mass is 10.1. The number of nitrogens with zero attached hydrogens (tertiary/aromatic N) is 2. The zero-order chi connectivity index (χ0) is 20.1. The highest BCUT2D eigenvalue weighted by atomic mass is 32.2. The molecule has 0 saturated carbocycles. The van der Waals surface area contributed by atoms with Crippen molar-refractivity contribution in [3.05, 3.63) is 60.2 Å². The van der Waals surface area contributed by atoms with Crippen molar-refractivity contribution in [2.75, 3.05) is 29.6 Å². The third kappa shape index (κ3) is 5.08. The lowest BCUT2D eigenvalue weighted by Gasteiger charge is -2.29. The van der Waals surface area contributed by atoms with Gasteiger partial charge in [-0.1, -0.05) is 30.3 Å². The van der Waals surface area contributed by atoms with Gasteiger partial charge in [-0.25, -0.2) is 8.42 Å². The van der Waals surface area contributed by atoms with Gasteiger partial charge in [-0.3, -0.25) is 14.5 Å². The average Bonchev–Trinajstić information content (AvgIpc) is 2.68. The van der Waals surface area contributed by atoms with Crippen LogP contribution < -0.4 is 20.7 Å². The van der Waals surface area contributed by atoms with E-state index in [4.69, 9.17) is 5.73 Å². The molecule has 8 nitrogen and oxygen atoms in total. The fourth-order valence-electron chi connectivity index (χ4n) is 2.87. The molecule has 0 spiro atoms. The van der Waals surface area contributed by atoms with E-state index in [9.17, 15) is 13.2 Å². The predicted molar refractivity (Wildman–Crippen MR) is 111 cm³/mol. The Morgan fingerprint density at radius 2 is 1.82 bits per heavy atom. The largest absolute Gasteiger partial charge is 0.324 e. The number of nitrogens with two attached hydrogens (primary N) is 1. The molecule has 2 aromatic rings. The van der Waals surface area contributed by atoms with Crippen LogP contribution in [-0.4, -0.2) is 39.6 Å². The van der Waals surface area contributed by atoms with Crippen LogP contribution in [-0.2, 0) is 14.8 Å². The van der Waals surface area contributed by atoms with Gasteiger partial charge in [0.25, 0.3) is 0 Å². The minimum atomic E-state index is -3.42. The second-order valence-electron chi connectivity index (χ2n) is 6.51. The molecule has 1 unspecified atom stereocenters. The topological polar surface area (TPSA) is 117 Å². The van der Waals surface area contributed by atoms with Crippen LogP contribution in [0.2, 0.25) is 0 Å². The van der Waals surface area contributed by atoms with Gasteiger partial charge in [-0.05, 0) is 36.2 Å². The van der Waals surface area contributed by atoms with Crippen LogP contribution in [0.25, 0.3) is 0 Å². The molecule has 3 rings (SSSR count). The maximum absolute atomic E-state index is 12.4. The smallest absolute Gasteiger partial charge is 0.245 e. The molecule has 1 aliphatic heterocycles. The summed E-state index contributed by atoms with van der Waals surface area (Å²) in [7, 11) is -3.42. The molecule has 0 aromatic heterocycles. The summed E-state index contributed by atoms with van der Waals surface area (Å²) >= 11 is 0. The van der Waals surface area contributed by atoms with Crippen molar-refractivity contribution >= 4 is 33.3 Å². The van der Waals surface area contributed by atoms with Crippen LogP contribution in [0, 0.1) is 0 Å². The van der Waals surface area contributed by atoms with Crippen LogP contribution in [0.15, 0.2) is 59.6 Å². The van der Waals surface area contributed by atoms with Gasteiger partial charge in [0.05, 0.1) is 6.26 Å². The van der Waals surface area contributed by atoms with Crippen molar-refractivity contribution in [1.82, 2.24) is 4.72 Å². The Kier molecular flexibility index (Phi) is 5.96. The van der Waals surface area contributed by atoms with E-state index < -0.39 is 16.1 Å². The first-order valence-electron chi connectivity index (χ1n) is 8.85. The Morgan fingerprint density at radius 3 is 2.46 bits per heavy atom. The van der Waals surface area contributed by atoms with Gasteiger partial charge in [0.2, 0.25) is 21.9 Å². The Bertz CT molecular complexity index is 959. The highest BCUT2D eigenvalue weighted by Crippen LogP contribution is 2.21. The number of carbonyl (C=O) groups excluding carboxylic acids is 1. The molecule has 28 heavy (non-hydrogen) atoms. The van der Waals surface area contributed by atoms with Crippen LogP contribution in [0.4, 0.5) is 11.4 Å². The van der Waals surface area contributed by atoms with E-state index in [1.165, 1.54) is 0 Å². The Labute approximate surface area is 164 Å². The Hall–Kier alpha value is -2.91. The van der Waals surface area contributed by atoms with Gasteiger partial charge in [-0.2, -0.15) is 0 Å². The van der Waals surface area contributed by atoms with E-state index in [0.717, 1.165) is 23.9 Å². The number of hydrogen-bond donors (Lipinski definition) is 3. The number of carbonyl (C=O) groups is 1. The standard InChI is InChI=1S/C19H23N5O3S/c1-28(26,27)23-19-21-12-5-13-24(19)16-10-8-15(9-11-16)22-18(25)17(20)14-6-3-2-4-7-14/h2-4,6-11,17H,5,12-13,20H2,1H3,(H,21,23)(H,22,25). The molecule has 0 fully saturated rings. The average molecular weight is 401 g/mol. The van der Waals surface area contributed by atoms with Gasteiger partial charge < -0.3 is 16.0 Å². The third-order valence-corrected chi connectivity index (χ3v) is 4.77. The summed E-state index contributed by atoms with van der Waals surface area (Å²) in [6.07, 6.45) is 1.91. The first-order chi connectivity index (χ1) is 13.3. The summed E-state index contributed by atoms with van der Waals surface area (Å²) in [6.45, 7) is 1.21. The molecule has 1 heterocycles. The highest BCUT2D eigenvalue weighted by Gasteiger charge is 2.20. The SMILES string of the molecule is CS(=O)(=O)NC1=NCCCN1c1ccc(NC(=O)C(N)c2ccccc2)cc1. The molecular weight excluding hydrogens is 378 g/mol. The van der Waals surface area contributed by atoms with Crippen LogP contribution in [0.1, 0.15) is 18.0 Å². The lowest BCUT2D eigenvalue weighted by Crippen LogP contribution is -2.46. The number of aliphatic imine (C=N–C) groups is 1. The van der Waals surface area contributed by atoms with Crippen molar-refractivity contribution in [3.8, 4) is 0 Å². The number of benzene rings is 2. The summed E-state index contributed by atoms with van der Waals surface area (Å²) in [5.41, 5.74) is 8.12. The molecule has 1 aliphatic rings. The van der Waals surface area contributed by atoms with Crippen LogP contribution >= 0.6 is 0 Å². The molecule has 148 valence electrons. The number of hydrogen-bond acceptors (Lipinski definition) is 6. The molecule has 9 heteroatoms. The molecule has 1 atom stereocenters. The quantitative estimate of drug-likeness (QED) is 0.701. The molecular formula is C19H23N5O3S. The summed E-state index contributed by atoms with van der Waals surface area (Å²) in [6, 6.07) is 15.5. The first-order valence-corrected chi connectivity index (χ1v) is 10.7. The first kappa shape index (κ1) is 19.8. The predicted octanol–water partition coefficient (Wildman–Crippen LogP) is 1.44. The maximum atomic E-state index is 12.4. The summed E-state index contributed by atoms with van der Waals surface area (Å²) in [5, 5.41) is 2.80. The monoisotopic (exact) mass is 401 g/mol. The van der Waals surface area contributed by atoms with E-state index in [0.29, 0.717) is 24.7 Å². The highest BCUT2D eigenvalue weighted by molar-refractivity contribution is 7.89. The van der Waals surface area contributed by atoms with E-state index in [-0.39, 0.29) is 5.91 Å². The number of amides is 1. The number of anilines is 2. The lowest BCUT2D eigenvalue weighted by molar-refractivity contribution is -0.117. The number of guanidine groups is 1. The fourth-order valence-corrected chi connectivity index (χ4v) is 3.37. The second kappa shape index (κ2) is 8.41. The van der Waals surface area contributed by atoms with E-state index in [2.05, 4.69) is 15.0 Å². The molecule has 0 saturated heterocycles. The van der Waals surface area contributed by atoms with Gasteiger partial charge in [0, 0.05) is 24.5 Å². The number of sulfonamides is 1. The van der Waals surface area contributed by atoms with Crippen molar-refractivity contribution in [2.24, 2.45) is 10.7 Å². The van der Waals surface area contributed by atoms with Crippen molar-refractivity contribution in [3.63, 3.8) is 0 Å². The Morgan fingerprint density at radius 1 is 1.14 bits per heavy atom. The second-order valence-corrected chi connectivity index (χ2v) is 8.26. The molecule has 1 amide bonds. The van der Waals surface area contributed by atoms with Crippen molar-refractivity contribution in [1.29, 1.82) is 0 Å². The van der Waals surface area contributed by atoms with E-state index >= 15 is 0 Å². The Balaban J connectivity index is 1.70. The van der Waals surface area contributed by atoms with Gasteiger partial charge >= 0.3 is 0 Å². The zero-order valence-corrected chi connectivity index (χ0v) is 16.3. The van der Waals surface area contributed by atoms with Gasteiger partial charge in [-0.15, -0.1) is 0 Å². The minimum Gasteiger partial charge on any atom is -0.324 e. The molecule has 0 aliphatic carbocycles. The van der Waals surface area contributed by atoms with Crippen LogP contribution in [0.5, 0.6) is 0 Å². The number of rotatable bonds is 5. The number of nitrogens with one attached hydrogen (secondary N) is 2. The summed E-state index contributed by atoms with van der Waals surface area (Å²) in [5.74, 6) is -0.00504. The third-order valence-electron chi connectivity index (χ3n) is 4.22. The van der Waals surface area contributed by atoms with Gasteiger partial charge in [0.1, 0.15) is 6.04 Å². The summed E-state index contributed by atoms with van der Waals surface area (Å²) < 4.78 is 25.6. The van der Waals surface area contributed by atoms with Gasteiger partial charge in [0.15, 0.2) is 0 Å². The molecule has 0 radical (unpaired) electrons. The zero-order valence-electron chi connectivity index (χ0n) is 15.5. The fraction of sp³-hybridized carbons (Fsp3) is 0.263. The van der Waals surface area contributed by atoms with Crippen molar-refractivity contribution < 1.29 is 13.2 Å². The van der Waals surface area contributed by atoms with E-state index in [1.807, 2.05) is 18.2 Å². The minimum absolute atomic E-state index is 0.302.